The lowest BCUT2D eigenvalue weighted by atomic mass is 9.83. The number of rotatable bonds is 10. The number of alkyl halides is 4. The predicted octanol–water partition coefficient (Wildman–Crippen LogP) is 6.26. The molecule has 12 heteroatoms. The summed E-state index contributed by atoms with van der Waals surface area (Å²) in [5.74, 6) is 0.180. The van der Waals surface area contributed by atoms with Crippen molar-refractivity contribution in [3.8, 4) is 0 Å². The molecule has 0 saturated heterocycles. The Labute approximate surface area is 244 Å². The molecule has 1 amide bonds. The van der Waals surface area contributed by atoms with E-state index in [2.05, 4.69) is 5.32 Å². The molecule has 0 bridgehead atoms. The summed E-state index contributed by atoms with van der Waals surface area (Å²) in [7, 11) is 5.57. The van der Waals surface area contributed by atoms with Gasteiger partial charge >= 0.3 is 6.18 Å². The minimum Gasteiger partial charge on any atom is -0.373 e. The fraction of sp³-hybridized carbons (Fsp3) is 0.276. The van der Waals surface area contributed by atoms with E-state index in [1.807, 2.05) is 6.92 Å². The van der Waals surface area contributed by atoms with E-state index in [9.17, 15) is 32.6 Å². The Hall–Kier alpha value is -2.99. The molecule has 1 atom stereocenters. The van der Waals surface area contributed by atoms with Gasteiger partial charge in [-0.25, -0.2) is 4.39 Å². The molecule has 214 valence electrons. The van der Waals surface area contributed by atoms with Crippen molar-refractivity contribution in [2.45, 2.75) is 42.7 Å². The van der Waals surface area contributed by atoms with Gasteiger partial charge in [0.2, 0.25) is 0 Å². The molecule has 0 fully saturated rings. The van der Waals surface area contributed by atoms with Crippen molar-refractivity contribution in [1.82, 2.24) is 9.88 Å². The summed E-state index contributed by atoms with van der Waals surface area (Å²) in [5.41, 5.74) is -2.24. The van der Waals surface area contributed by atoms with Crippen LogP contribution in [0.15, 0.2) is 71.6 Å². The molecule has 0 saturated carbocycles. The first-order chi connectivity index (χ1) is 19.3. The normalized spacial score (nSPS) is 13.0. The number of hydrogen-bond donors (Lipinski definition) is 3. The second-order valence-corrected chi connectivity index (χ2v) is 11.2. The van der Waals surface area contributed by atoms with Crippen LogP contribution in [0.1, 0.15) is 45.7 Å². The van der Waals surface area contributed by atoms with E-state index in [0.29, 0.717) is 22.2 Å². The number of amides is 1. The minimum absolute atomic E-state index is 0.0286. The monoisotopic (exact) mass is 604 g/mol. The van der Waals surface area contributed by atoms with Crippen molar-refractivity contribution in [3.05, 3.63) is 99.7 Å². The molecule has 1 unspecified atom stereocenters. The van der Waals surface area contributed by atoms with E-state index in [0.717, 1.165) is 16.7 Å². The molecule has 3 N–H and O–H groups in total. The number of thioether (sulfide) groups is 1. The highest BCUT2D eigenvalue weighted by atomic mass is 35.5. The van der Waals surface area contributed by atoms with Crippen LogP contribution in [0.25, 0.3) is 10.9 Å². The molecule has 41 heavy (non-hydrogen) atoms. The summed E-state index contributed by atoms with van der Waals surface area (Å²) >= 11 is 7.40. The lowest BCUT2D eigenvalue weighted by Gasteiger charge is -2.30. The minimum atomic E-state index is -4.63. The first kappa shape index (κ1) is 31.0. The van der Waals surface area contributed by atoms with Crippen molar-refractivity contribution in [1.29, 1.82) is 0 Å². The number of aromatic nitrogens is 1. The lowest BCUT2D eigenvalue weighted by molar-refractivity contribution is -0.138. The van der Waals surface area contributed by atoms with Crippen LogP contribution >= 0.6 is 23.4 Å². The highest BCUT2D eigenvalue weighted by Crippen LogP contribution is 2.35. The molecule has 0 spiro atoms. The SMILES string of the molecule is [B]C(O)(O)C(NC(=O)c1ccc2c(c1)cc(Cc1ccc(Cl)cc1C(F)(F)F)n2CCF)c1ccc(SCC)cc1. The zero-order valence-corrected chi connectivity index (χ0v) is 23.5. The summed E-state index contributed by atoms with van der Waals surface area (Å²) in [6.45, 7) is 1.14. The number of nitrogens with zero attached hydrogens (tertiary/aromatic N) is 1. The highest BCUT2D eigenvalue weighted by molar-refractivity contribution is 7.99. The third-order valence-electron chi connectivity index (χ3n) is 6.53. The number of hydrogen-bond acceptors (Lipinski definition) is 4. The van der Waals surface area contributed by atoms with Gasteiger partial charge in [0.15, 0.2) is 7.85 Å². The third kappa shape index (κ3) is 7.27. The fourth-order valence-electron chi connectivity index (χ4n) is 4.70. The third-order valence-corrected chi connectivity index (χ3v) is 7.66. The number of halogens is 5. The van der Waals surface area contributed by atoms with Gasteiger partial charge in [0, 0.05) is 38.5 Å². The number of carbonyl (C=O) groups excluding carboxylic acids is 1. The van der Waals surface area contributed by atoms with E-state index in [4.69, 9.17) is 19.4 Å². The van der Waals surface area contributed by atoms with E-state index in [1.54, 1.807) is 52.7 Å². The van der Waals surface area contributed by atoms with Gasteiger partial charge in [0.1, 0.15) is 12.4 Å². The van der Waals surface area contributed by atoms with Crippen molar-refractivity contribution < 1.29 is 32.6 Å². The summed E-state index contributed by atoms with van der Waals surface area (Å²) in [6.07, 6.45) is -4.78. The first-order valence-electron chi connectivity index (χ1n) is 12.6. The molecule has 0 aliphatic rings. The van der Waals surface area contributed by atoms with Crippen LogP contribution in [0.5, 0.6) is 0 Å². The van der Waals surface area contributed by atoms with Gasteiger partial charge in [0.05, 0.1) is 18.2 Å². The van der Waals surface area contributed by atoms with E-state index < -0.39 is 36.0 Å². The second-order valence-electron chi connectivity index (χ2n) is 9.42. The highest BCUT2D eigenvalue weighted by Gasteiger charge is 2.34. The van der Waals surface area contributed by atoms with Gasteiger partial charge in [-0.1, -0.05) is 36.7 Å². The smallest absolute Gasteiger partial charge is 0.373 e. The number of nitrogens with one attached hydrogen (secondary N) is 1. The van der Waals surface area contributed by atoms with Gasteiger partial charge in [0.25, 0.3) is 5.91 Å². The topological polar surface area (TPSA) is 74.5 Å². The van der Waals surface area contributed by atoms with Gasteiger partial charge in [-0.05, 0) is 65.4 Å². The molecule has 2 radical (unpaired) electrons. The molecule has 0 aliphatic carbocycles. The van der Waals surface area contributed by atoms with E-state index >= 15 is 0 Å². The van der Waals surface area contributed by atoms with Crippen molar-refractivity contribution in [2.24, 2.45) is 0 Å². The lowest BCUT2D eigenvalue weighted by Crippen LogP contribution is -2.46. The number of benzene rings is 3. The van der Waals surface area contributed by atoms with Crippen molar-refractivity contribution in [2.75, 3.05) is 12.4 Å². The maximum absolute atomic E-state index is 13.7. The van der Waals surface area contributed by atoms with Crippen LogP contribution in [-0.4, -0.2) is 46.6 Å². The molecular formula is C29H26BClF4N2O3S. The largest absolute Gasteiger partial charge is 0.416 e. The van der Waals surface area contributed by atoms with Crippen LogP contribution in [0.3, 0.4) is 0 Å². The van der Waals surface area contributed by atoms with Gasteiger partial charge in [-0.2, -0.15) is 13.2 Å². The van der Waals surface area contributed by atoms with Crippen LogP contribution in [0.4, 0.5) is 17.6 Å². The fourth-order valence-corrected chi connectivity index (χ4v) is 5.53. The molecule has 4 rings (SSSR count). The van der Waals surface area contributed by atoms with Crippen LogP contribution in [0.2, 0.25) is 5.02 Å². The number of aliphatic hydroxyl groups is 2. The predicted molar refractivity (Wildman–Crippen MR) is 153 cm³/mol. The summed E-state index contributed by atoms with van der Waals surface area (Å²) in [6, 6.07) is 15.1. The Morgan fingerprint density at radius 3 is 2.39 bits per heavy atom. The van der Waals surface area contributed by atoms with Gasteiger partial charge < -0.3 is 20.1 Å². The van der Waals surface area contributed by atoms with E-state index in [1.165, 1.54) is 24.3 Å². The van der Waals surface area contributed by atoms with Crippen LogP contribution in [0, 0.1) is 0 Å². The number of carbonyl (C=O) groups is 1. The van der Waals surface area contributed by atoms with Gasteiger partial charge in [-0.15, -0.1) is 11.8 Å². The quantitative estimate of drug-likeness (QED) is 0.0864. The average Bonchev–Trinajstić information content (AvgIpc) is 3.24. The van der Waals surface area contributed by atoms with Crippen molar-refractivity contribution >= 4 is 48.0 Å². The summed E-state index contributed by atoms with van der Waals surface area (Å²) in [5, 5.41) is 23.4. The zero-order chi connectivity index (χ0) is 29.9. The Morgan fingerprint density at radius 1 is 1.07 bits per heavy atom. The summed E-state index contributed by atoms with van der Waals surface area (Å²) in [4.78, 5) is 14.1. The van der Waals surface area contributed by atoms with Crippen LogP contribution in [-0.2, 0) is 19.1 Å². The van der Waals surface area contributed by atoms with Crippen LogP contribution < -0.4 is 5.32 Å². The molecule has 1 heterocycles. The number of fused-ring (bicyclic) bond motifs is 1. The Kier molecular flexibility index (Phi) is 9.43. The second kappa shape index (κ2) is 12.5. The first-order valence-corrected chi connectivity index (χ1v) is 14.0. The summed E-state index contributed by atoms with van der Waals surface area (Å²) < 4.78 is 56.1. The zero-order valence-electron chi connectivity index (χ0n) is 21.9. The molecule has 5 nitrogen and oxygen atoms in total. The molecule has 3 aromatic carbocycles. The Bertz CT molecular complexity index is 1540. The standard InChI is InChI=1S/C29H26BClF4N2O3S/c1-2-41-23-8-4-17(5-9-23)26(28(30,39)40)36-27(38)19-6-10-25-20(13-19)15-22(37(25)12-11-32)14-18-3-7-21(31)16-24(18)29(33,34)35/h3-10,13,15-16,26,39-40H,2,11-12,14H2,1H3,(H,36,38). The maximum Gasteiger partial charge on any atom is 0.416 e. The maximum atomic E-state index is 13.7. The Morgan fingerprint density at radius 2 is 1.78 bits per heavy atom. The molecule has 0 aliphatic heterocycles. The molecule has 4 aromatic rings. The Balaban J connectivity index is 1.66. The molecule has 1 aromatic heterocycles. The average molecular weight is 605 g/mol. The number of aryl methyl sites for hydroxylation is 1. The molecular weight excluding hydrogens is 579 g/mol. The van der Waals surface area contributed by atoms with Gasteiger partial charge in [-0.3, -0.25) is 4.79 Å². The van der Waals surface area contributed by atoms with Crippen molar-refractivity contribution in [3.63, 3.8) is 0 Å². The van der Waals surface area contributed by atoms with E-state index in [-0.39, 0.29) is 29.1 Å².